The summed E-state index contributed by atoms with van der Waals surface area (Å²) in [5, 5.41) is 3.17. The molecule has 15 heavy (non-hydrogen) atoms. The molecule has 0 saturated carbocycles. The molecule has 2 rings (SSSR count). The molecule has 2 heterocycles. The Morgan fingerprint density at radius 3 is 2.87 bits per heavy atom. The van der Waals surface area contributed by atoms with Crippen molar-refractivity contribution in [2.75, 3.05) is 7.05 Å². The summed E-state index contributed by atoms with van der Waals surface area (Å²) in [5.41, 5.74) is 3.43. The van der Waals surface area contributed by atoms with Gasteiger partial charge in [0.25, 0.3) is 0 Å². The molecule has 0 aliphatic rings. The average Bonchev–Trinajstić information content (AvgIpc) is 2.63. The molecule has 0 spiro atoms. The van der Waals surface area contributed by atoms with Crippen LogP contribution >= 0.6 is 0 Å². The van der Waals surface area contributed by atoms with Gasteiger partial charge in [-0.25, -0.2) is 4.98 Å². The molecular weight excluding hydrogens is 186 g/mol. The van der Waals surface area contributed by atoms with E-state index in [9.17, 15) is 0 Å². The molecular formula is C12H17N3. The number of nitrogens with zero attached hydrogens (tertiary/aromatic N) is 2. The molecule has 3 nitrogen and oxygen atoms in total. The zero-order valence-electron chi connectivity index (χ0n) is 9.49. The number of nitrogens with one attached hydrogen (secondary N) is 1. The number of imidazole rings is 1. The Labute approximate surface area is 90.1 Å². The third-order valence-electron chi connectivity index (χ3n) is 2.54. The van der Waals surface area contributed by atoms with Gasteiger partial charge in [0.05, 0.1) is 5.69 Å². The highest BCUT2D eigenvalue weighted by atomic mass is 15.0. The van der Waals surface area contributed by atoms with Crippen molar-refractivity contribution in [2.24, 2.45) is 0 Å². The van der Waals surface area contributed by atoms with Gasteiger partial charge in [0.1, 0.15) is 5.65 Å². The predicted octanol–water partition coefficient (Wildman–Crippen LogP) is 2.18. The fourth-order valence-electron chi connectivity index (χ4n) is 1.69. The molecule has 2 aromatic heterocycles. The summed E-state index contributed by atoms with van der Waals surface area (Å²) in [4.78, 5) is 4.59. The first kappa shape index (κ1) is 10.2. The normalized spacial score (nSPS) is 11.5. The molecule has 0 unspecified atom stereocenters. The molecule has 0 aromatic carbocycles. The standard InChI is InChI=1S/C12H17N3/c1-9(2)11-8-15-10(7-13-3)5-4-6-12(15)14-11/h4-6,8-9,13H,7H2,1-3H3. The predicted molar refractivity (Wildman–Crippen MR) is 62.0 cm³/mol. The first-order valence-corrected chi connectivity index (χ1v) is 5.34. The van der Waals surface area contributed by atoms with E-state index in [1.165, 1.54) is 5.69 Å². The van der Waals surface area contributed by atoms with Gasteiger partial charge in [-0.05, 0) is 25.1 Å². The molecule has 3 heteroatoms. The molecule has 0 saturated heterocycles. The van der Waals surface area contributed by atoms with Gasteiger partial charge in [0.2, 0.25) is 0 Å². The van der Waals surface area contributed by atoms with E-state index in [-0.39, 0.29) is 0 Å². The maximum atomic E-state index is 4.59. The Hall–Kier alpha value is -1.35. The second kappa shape index (κ2) is 4.03. The fraction of sp³-hybridized carbons (Fsp3) is 0.417. The van der Waals surface area contributed by atoms with E-state index in [1.54, 1.807) is 0 Å². The Balaban J connectivity index is 2.54. The summed E-state index contributed by atoms with van der Waals surface area (Å²) in [6, 6.07) is 6.22. The van der Waals surface area contributed by atoms with Crippen molar-refractivity contribution in [3.8, 4) is 0 Å². The number of rotatable bonds is 3. The molecule has 0 radical (unpaired) electrons. The van der Waals surface area contributed by atoms with E-state index in [2.05, 4.69) is 46.9 Å². The van der Waals surface area contributed by atoms with Crippen LogP contribution < -0.4 is 5.32 Å². The summed E-state index contributed by atoms with van der Waals surface area (Å²) in [7, 11) is 1.96. The van der Waals surface area contributed by atoms with Crippen molar-refractivity contribution in [3.63, 3.8) is 0 Å². The van der Waals surface area contributed by atoms with Gasteiger partial charge < -0.3 is 9.72 Å². The lowest BCUT2D eigenvalue weighted by atomic mass is 10.2. The van der Waals surface area contributed by atoms with Crippen LogP contribution in [0.3, 0.4) is 0 Å². The van der Waals surface area contributed by atoms with E-state index in [0.717, 1.165) is 17.9 Å². The molecule has 0 bridgehead atoms. The van der Waals surface area contributed by atoms with Crippen LogP contribution in [0.25, 0.3) is 5.65 Å². The first-order chi connectivity index (χ1) is 7.22. The highest BCUT2D eigenvalue weighted by molar-refractivity contribution is 5.42. The number of hydrogen-bond donors (Lipinski definition) is 1. The van der Waals surface area contributed by atoms with Gasteiger partial charge in [-0.3, -0.25) is 0 Å². The Morgan fingerprint density at radius 1 is 1.40 bits per heavy atom. The summed E-state index contributed by atoms with van der Waals surface area (Å²) in [6.45, 7) is 5.20. The van der Waals surface area contributed by atoms with Crippen LogP contribution in [-0.4, -0.2) is 16.4 Å². The topological polar surface area (TPSA) is 29.3 Å². The van der Waals surface area contributed by atoms with Gasteiger partial charge in [0.15, 0.2) is 0 Å². The van der Waals surface area contributed by atoms with Crippen LogP contribution in [0.5, 0.6) is 0 Å². The average molecular weight is 203 g/mol. The first-order valence-electron chi connectivity index (χ1n) is 5.34. The molecule has 2 aromatic rings. The van der Waals surface area contributed by atoms with Gasteiger partial charge in [-0.15, -0.1) is 0 Å². The summed E-state index contributed by atoms with van der Waals surface area (Å²) in [6.07, 6.45) is 2.13. The van der Waals surface area contributed by atoms with Crippen LogP contribution in [0.2, 0.25) is 0 Å². The van der Waals surface area contributed by atoms with Crippen LogP contribution in [0.4, 0.5) is 0 Å². The summed E-state index contributed by atoms with van der Waals surface area (Å²) in [5.74, 6) is 0.479. The molecule has 0 amide bonds. The van der Waals surface area contributed by atoms with E-state index in [1.807, 2.05) is 13.1 Å². The lowest BCUT2D eigenvalue weighted by molar-refractivity contribution is 0.775. The van der Waals surface area contributed by atoms with Crippen molar-refractivity contribution in [3.05, 3.63) is 35.8 Å². The quantitative estimate of drug-likeness (QED) is 0.828. The van der Waals surface area contributed by atoms with E-state index in [0.29, 0.717) is 5.92 Å². The summed E-state index contributed by atoms with van der Waals surface area (Å²) >= 11 is 0. The maximum absolute atomic E-state index is 4.59. The van der Waals surface area contributed by atoms with Crippen molar-refractivity contribution in [1.82, 2.24) is 14.7 Å². The van der Waals surface area contributed by atoms with E-state index >= 15 is 0 Å². The zero-order valence-corrected chi connectivity index (χ0v) is 9.49. The number of aromatic nitrogens is 2. The lowest BCUT2D eigenvalue weighted by Crippen LogP contribution is -2.08. The smallest absolute Gasteiger partial charge is 0.137 e. The highest BCUT2D eigenvalue weighted by Crippen LogP contribution is 2.15. The minimum atomic E-state index is 0.479. The van der Waals surface area contributed by atoms with Gasteiger partial charge in [-0.2, -0.15) is 0 Å². The van der Waals surface area contributed by atoms with Crippen molar-refractivity contribution in [2.45, 2.75) is 26.3 Å². The van der Waals surface area contributed by atoms with Crippen molar-refractivity contribution >= 4 is 5.65 Å². The monoisotopic (exact) mass is 203 g/mol. The molecule has 0 aliphatic carbocycles. The van der Waals surface area contributed by atoms with E-state index in [4.69, 9.17) is 0 Å². The Morgan fingerprint density at radius 2 is 2.20 bits per heavy atom. The minimum Gasteiger partial charge on any atom is -0.314 e. The number of hydrogen-bond acceptors (Lipinski definition) is 2. The minimum absolute atomic E-state index is 0.479. The zero-order chi connectivity index (χ0) is 10.8. The molecule has 0 aliphatic heterocycles. The Kier molecular flexibility index (Phi) is 2.73. The fourth-order valence-corrected chi connectivity index (χ4v) is 1.69. The third-order valence-corrected chi connectivity index (χ3v) is 2.54. The van der Waals surface area contributed by atoms with Crippen LogP contribution in [0, 0.1) is 0 Å². The molecule has 0 atom stereocenters. The van der Waals surface area contributed by atoms with E-state index < -0.39 is 0 Å². The van der Waals surface area contributed by atoms with Crippen LogP contribution in [-0.2, 0) is 6.54 Å². The van der Waals surface area contributed by atoms with Crippen LogP contribution in [0.15, 0.2) is 24.4 Å². The lowest BCUT2D eigenvalue weighted by Gasteiger charge is -2.03. The van der Waals surface area contributed by atoms with Gasteiger partial charge in [0, 0.05) is 18.4 Å². The van der Waals surface area contributed by atoms with Crippen molar-refractivity contribution in [1.29, 1.82) is 0 Å². The highest BCUT2D eigenvalue weighted by Gasteiger charge is 2.06. The number of fused-ring (bicyclic) bond motifs is 1. The van der Waals surface area contributed by atoms with Crippen molar-refractivity contribution < 1.29 is 0 Å². The van der Waals surface area contributed by atoms with Crippen LogP contribution in [0.1, 0.15) is 31.2 Å². The third kappa shape index (κ3) is 1.88. The van der Waals surface area contributed by atoms with Gasteiger partial charge >= 0.3 is 0 Å². The van der Waals surface area contributed by atoms with Gasteiger partial charge in [-0.1, -0.05) is 19.9 Å². The second-order valence-electron chi connectivity index (χ2n) is 4.10. The molecule has 0 fully saturated rings. The second-order valence-corrected chi connectivity index (χ2v) is 4.10. The molecule has 1 N–H and O–H groups in total. The molecule has 80 valence electrons. The Bertz CT molecular complexity index is 457. The number of pyridine rings is 1. The maximum Gasteiger partial charge on any atom is 0.137 e. The largest absolute Gasteiger partial charge is 0.314 e. The summed E-state index contributed by atoms with van der Waals surface area (Å²) < 4.78 is 2.16. The SMILES string of the molecule is CNCc1cccc2nc(C(C)C)cn12.